The Kier molecular flexibility index (Phi) is 2.33. The lowest BCUT2D eigenvalue weighted by Crippen LogP contribution is -2.28. The Bertz CT molecular complexity index is 572. The van der Waals surface area contributed by atoms with Crippen molar-refractivity contribution >= 4 is 21.4 Å². The zero-order chi connectivity index (χ0) is 11.1. The average Bonchev–Trinajstić information content (AvgIpc) is 2.88. The van der Waals surface area contributed by atoms with Gasteiger partial charge in [-0.15, -0.1) is 11.3 Å². The molecule has 0 amide bonds. The summed E-state index contributed by atoms with van der Waals surface area (Å²) in [5.74, 6) is 0. The largest absolute Gasteiger partial charge is 0.391 e. The van der Waals surface area contributed by atoms with Gasteiger partial charge in [-0.3, -0.25) is 4.79 Å². The molecule has 1 fully saturated rings. The van der Waals surface area contributed by atoms with E-state index in [4.69, 9.17) is 0 Å². The molecule has 16 heavy (non-hydrogen) atoms. The minimum Gasteiger partial charge on any atom is -0.391 e. The van der Waals surface area contributed by atoms with E-state index >= 15 is 0 Å². The molecule has 0 unspecified atom stereocenters. The van der Waals surface area contributed by atoms with Crippen LogP contribution in [0.3, 0.4) is 0 Å². The highest BCUT2D eigenvalue weighted by Crippen LogP contribution is 2.29. The second-order valence-corrected chi connectivity index (χ2v) is 5.24. The van der Waals surface area contributed by atoms with Gasteiger partial charge >= 0.3 is 0 Å². The number of pyridine rings is 1. The van der Waals surface area contributed by atoms with Gasteiger partial charge in [-0.2, -0.15) is 0 Å². The van der Waals surface area contributed by atoms with E-state index < -0.39 is 0 Å². The van der Waals surface area contributed by atoms with E-state index in [0.717, 1.165) is 29.3 Å². The number of aromatic nitrogens is 1. The maximum absolute atomic E-state index is 12.2. The molecule has 84 valence electrons. The Morgan fingerprint density at radius 2 is 2.25 bits per heavy atom. The maximum Gasteiger partial charge on any atom is 0.259 e. The molecule has 0 bridgehead atoms. The predicted octanol–water partition coefficient (Wildman–Crippen LogP) is 2.15. The molecule has 3 rings (SSSR count). The lowest BCUT2D eigenvalue weighted by molar-refractivity contribution is 0.135. The van der Waals surface area contributed by atoms with Gasteiger partial charge in [-0.05, 0) is 36.8 Å². The molecule has 0 spiro atoms. The summed E-state index contributed by atoms with van der Waals surface area (Å²) in [5.41, 5.74) is 0.0321. The first-order valence-electron chi connectivity index (χ1n) is 5.54. The van der Waals surface area contributed by atoms with Gasteiger partial charge in [0.2, 0.25) is 0 Å². The molecule has 1 N–H and O–H groups in total. The smallest absolute Gasteiger partial charge is 0.259 e. The molecular formula is C12H13NO2S. The van der Waals surface area contributed by atoms with Gasteiger partial charge < -0.3 is 9.67 Å². The summed E-state index contributed by atoms with van der Waals surface area (Å²) < 4.78 is 2.72. The molecule has 4 heteroatoms. The molecule has 0 aromatic carbocycles. The second-order valence-electron chi connectivity index (χ2n) is 4.29. The molecular weight excluding hydrogens is 222 g/mol. The number of nitrogens with zero attached hydrogens (tertiary/aromatic N) is 1. The third-order valence-electron chi connectivity index (χ3n) is 3.35. The van der Waals surface area contributed by atoms with Gasteiger partial charge in [0.15, 0.2) is 0 Å². The number of hydrogen-bond acceptors (Lipinski definition) is 3. The normalized spacial score (nSPS) is 25.3. The van der Waals surface area contributed by atoms with Crippen molar-refractivity contribution in [1.29, 1.82) is 0 Å². The van der Waals surface area contributed by atoms with E-state index in [1.807, 2.05) is 23.7 Å². The fourth-order valence-electron chi connectivity index (χ4n) is 2.49. The van der Waals surface area contributed by atoms with E-state index in [1.165, 1.54) is 0 Å². The fraction of sp³-hybridized carbons (Fsp3) is 0.417. The van der Waals surface area contributed by atoms with Crippen molar-refractivity contribution in [2.45, 2.75) is 31.4 Å². The van der Waals surface area contributed by atoms with Crippen molar-refractivity contribution in [1.82, 2.24) is 4.57 Å². The highest BCUT2D eigenvalue weighted by molar-refractivity contribution is 7.17. The molecule has 2 aromatic rings. The SMILES string of the molecule is O=c1c2ccsc2ccn1[C@H]1CCC[C@@H]1O. The zero-order valence-corrected chi connectivity index (χ0v) is 9.61. The standard InChI is InChI=1S/C12H13NO2S/c14-10-3-1-2-9(10)13-6-4-11-8(12(13)15)5-7-16-11/h4-7,9-10,14H,1-3H2/t9-,10-/m0/s1. The summed E-state index contributed by atoms with van der Waals surface area (Å²) in [7, 11) is 0. The number of hydrogen-bond donors (Lipinski definition) is 1. The van der Waals surface area contributed by atoms with E-state index in [-0.39, 0.29) is 17.7 Å². The Morgan fingerprint density at radius 3 is 3.00 bits per heavy atom. The monoisotopic (exact) mass is 235 g/mol. The highest BCUT2D eigenvalue weighted by Gasteiger charge is 2.27. The summed E-state index contributed by atoms with van der Waals surface area (Å²) >= 11 is 1.58. The number of fused-ring (bicyclic) bond motifs is 1. The van der Waals surface area contributed by atoms with Gasteiger partial charge in [0.05, 0.1) is 17.5 Å². The first-order valence-corrected chi connectivity index (χ1v) is 6.42. The van der Waals surface area contributed by atoms with E-state index in [2.05, 4.69) is 0 Å². The van der Waals surface area contributed by atoms with Crippen LogP contribution >= 0.6 is 11.3 Å². The fourth-order valence-corrected chi connectivity index (χ4v) is 3.26. The molecule has 1 aliphatic carbocycles. The van der Waals surface area contributed by atoms with Gasteiger partial charge in [0.1, 0.15) is 0 Å². The first-order chi connectivity index (χ1) is 7.77. The Labute approximate surface area is 97.0 Å². The van der Waals surface area contributed by atoms with Gasteiger partial charge in [-0.1, -0.05) is 0 Å². The van der Waals surface area contributed by atoms with E-state index in [1.54, 1.807) is 15.9 Å². The van der Waals surface area contributed by atoms with Crippen LogP contribution in [-0.2, 0) is 0 Å². The second kappa shape index (κ2) is 3.71. The highest BCUT2D eigenvalue weighted by atomic mass is 32.1. The molecule has 0 aliphatic heterocycles. The van der Waals surface area contributed by atoms with Crippen molar-refractivity contribution in [2.24, 2.45) is 0 Å². The van der Waals surface area contributed by atoms with Crippen LogP contribution in [0, 0.1) is 0 Å². The van der Waals surface area contributed by atoms with Crippen LogP contribution in [0.15, 0.2) is 28.5 Å². The summed E-state index contributed by atoms with van der Waals surface area (Å²) in [6.45, 7) is 0. The van der Waals surface area contributed by atoms with Crippen LogP contribution < -0.4 is 5.56 Å². The van der Waals surface area contributed by atoms with Crippen LogP contribution in [0.5, 0.6) is 0 Å². The van der Waals surface area contributed by atoms with Crippen molar-refractivity contribution in [3.8, 4) is 0 Å². The van der Waals surface area contributed by atoms with E-state index in [0.29, 0.717) is 0 Å². The third-order valence-corrected chi connectivity index (χ3v) is 4.23. The van der Waals surface area contributed by atoms with E-state index in [9.17, 15) is 9.90 Å². The summed E-state index contributed by atoms with van der Waals surface area (Å²) in [5, 5.41) is 12.5. The Balaban J connectivity index is 2.16. The van der Waals surface area contributed by atoms with Gasteiger partial charge in [0, 0.05) is 10.9 Å². The summed E-state index contributed by atoms with van der Waals surface area (Å²) in [6.07, 6.45) is 4.16. The average molecular weight is 235 g/mol. The summed E-state index contributed by atoms with van der Waals surface area (Å²) in [6, 6.07) is 3.80. The predicted molar refractivity (Wildman–Crippen MR) is 65.0 cm³/mol. The number of rotatable bonds is 1. The maximum atomic E-state index is 12.2. The number of thiophene rings is 1. The number of aliphatic hydroxyl groups is 1. The molecule has 1 aliphatic rings. The molecule has 2 aromatic heterocycles. The van der Waals surface area contributed by atoms with Crippen LogP contribution in [-0.4, -0.2) is 15.8 Å². The van der Waals surface area contributed by atoms with Crippen LogP contribution in [0.2, 0.25) is 0 Å². The molecule has 0 saturated heterocycles. The van der Waals surface area contributed by atoms with Crippen LogP contribution in [0.4, 0.5) is 0 Å². The lowest BCUT2D eigenvalue weighted by atomic mass is 10.2. The zero-order valence-electron chi connectivity index (χ0n) is 8.80. The van der Waals surface area contributed by atoms with Gasteiger partial charge in [-0.25, -0.2) is 0 Å². The number of aliphatic hydroxyl groups excluding tert-OH is 1. The van der Waals surface area contributed by atoms with Crippen molar-refractivity contribution < 1.29 is 5.11 Å². The Morgan fingerprint density at radius 1 is 1.38 bits per heavy atom. The van der Waals surface area contributed by atoms with Crippen LogP contribution in [0.25, 0.3) is 10.1 Å². The van der Waals surface area contributed by atoms with Gasteiger partial charge in [0.25, 0.3) is 5.56 Å². The molecule has 2 atom stereocenters. The first kappa shape index (κ1) is 10.1. The van der Waals surface area contributed by atoms with Crippen molar-refractivity contribution in [3.05, 3.63) is 34.1 Å². The molecule has 1 saturated carbocycles. The minimum absolute atomic E-state index is 0.0307. The van der Waals surface area contributed by atoms with Crippen LogP contribution in [0.1, 0.15) is 25.3 Å². The topological polar surface area (TPSA) is 42.2 Å². The quantitative estimate of drug-likeness (QED) is 0.823. The summed E-state index contributed by atoms with van der Waals surface area (Å²) in [4.78, 5) is 12.2. The Hall–Kier alpha value is -1.13. The third kappa shape index (κ3) is 1.41. The van der Waals surface area contributed by atoms with Crippen molar-refractivity contribution in [3.63, 3.8) is 0 Å². The minimum atomic E-state index is -0.367. The molecule has 0 radical (unpaired) electrons. The molecule has 3 nitrogen and oxygen atoms in total. The van der Waals surface area contributed by atoms with Crippen molar-refractivity contribution in [2.75, 3.05) is 0 Å². The molecule has 2 heterocycles. The lowest BCUT2D eigenvalue weighted by Gasteiger charge is -2.17.